The fraction of sp³-hybridized carbons (Fsp3) is 0.375. The molecule has 2 atom stereocenters. The lowest BCUT2D eigenvalue weighted by Gasteiger charge is -2.34. The molecule has 0 radical (unpaired) electrons. The normalized spacial score (nSPS) is 24.5. The van der Waals surface area contributed by atoms with Crippen molar-refractivity contribution in [3.05, 3.63) is 45.1 Å². The Kier molecular flexibility index (Phi) is 5.42. The first-order chi connectivity index (χ1) is 17.4. The number of halogens is 6. The van der Waals surface area contributed by atoms with E-state index in [0.717, 1.165) is 18.2 Å². The molecule has 6 nitrogen and oxygen atoms in total. The van der Waals surface area contributed by atoms with Gasteiger partial charge in [0.2, 0.25) is 0 Å². The van der Waals surface area contributed by atoms with E-state index in [4.69, 9.17) is 11.6 Å². The minimum atomic E-state index is -4.89. The van der Waals surface area contributed by atoms with Gasteiger partial charge in [-0.3, -0.25) is 9.36 Å². The van der Waals surface area contributed by atoms with E-state index in [-0.39, 0.29) is 69.7 Å². The van der Waals surface area contributed by atoms with E-state index in [2.05, 4.69) is 10.3 Å². The Morgan fingerprint density at radius 3 is 2.70 bits per heavy atom. The number of aromatic nitrogens is 2. The van der Waals surface area contributed by atoms with Gasteiger partial charge in [-0.15, -0.1) is 0 Å². The van der Waals surface area contributed by atoms with Gasteiger partial charge in [0.25, 0.3) is 0 Å². The summed E-state index contributed by atoms with van der Waals surface area (Å²) in [4.78, 5) is 30.6. The van der Waals surface area contributed by atoms with Crippen LogP contribution in [0.1, 0.15) is 18.9 Å². The molecule has 2 aromatic carbocycles. The molecule has 3 aliphatic heterocycles. The van der Waals surface area contributed by atoms with Crippen molar-refractivity contribution in [2.24, 2.45) is 0 Å². The Hall–Kier alpha value is -2.70. The lowest BCUT2D eigenvalue weighted by atomic mass is 9.96. The number of nitrogens with one attached hydrogen (secondary N) is 1. The van der Waals surface area contributed by atoms with Crippen molar-refractivity contribution in [3.8, 4) is 11.1 Å². The molecule has 1 fully saturated rings. The molecule has 4 heterocycles. The molecule has 196 valence electrons. The largest absolute Gasteiger partial charge is 0.417 e. The number of piperazine rings is 1. The molecule has 1 saturated heterocycles. The van der Waals surface area contributed by atoms with Crippen LogP contribution in [0.3, 0.4) is 0 Å². The van der Waals surface area contributed by atoms with Crippen molar-refractivity contribution in [3.63, 3.8) is 0 Å². The Bertz CT molecular complexity index is 1580. The highest BCUT2D eigenvalue weighted by atomic mass is 35.5. The second kappa shape index (κ2) is 8.15. The zero-order valence-corrected chi connectivity index (χ0v) is 21.0. The summed E-state index contributed by atoms with van der Waals surface area (Å²) in [6, 6.07) is 2.23. The van der Waals surface area contributed by atoms with Crippen molar-refractivity contribution in [1.29, 1.82) is 0 Å². The van der Waals surface area contributed by atoms with E-state index in [1.165, 1.54) is 11.5 Å². The van der Waals surface area contributed by atoms with Crippen molar-refractivity contribution in [1.82, 2.24) is 14.9 Å². The summed E-state index contributed by atoms with van der Waals surface area (Å²) in [6.45, 7) is 2.16. The quantitative estimate of drug-likeness (QED) is 0.445. The van der Waals surface area contributed by atoms with Gasteiger partial charge in [0, 0.05) is 47.8 Å². The number of alkyl halides is 3. The number of Topliss-reactive ketones (excluding diaryl/α,β-unsaturated/α-hetero) is 1. The van der Waals surface area contributed by atoms with Gasteiger partial charge in [-0.25, -0.2) is 9.18 Å². The van der Waals surface area contributed by atoms with Crippen LogP contribution in [0, 0.1) is 5.82 Å². The van der Waals surface area contributed by atoms with Gasteiger partial charge < -0.3 is 10.2 Å². The third kappa shape index (κ3) is 3.52. The SMILES string of the molecule is CC(=O)C1CN(c2nc(=O)n3c4c5c(c(C(F)(F)F)cc24)-c2cc(Cl)c(F)cc2S5(F)CCC3)CCN1. The number of carbonyl (C=O) groups excluding carboxylic acids is 1. The van der Waals surface area contributed by atoms with Crippen LogP contribution in [0.2, 0.25) is 5.02 Å². The molecule has 3 aromatic rings. The molecule has 3 aliphatic rings. The first-order valence-electron chi connectivity index (χ1n) is 11.6. The maximum atomic E-state index is 17.1. The number of aryl methyl sites for hydroxylation is 1. The number of nitrogens with zero attached hydrogens (tertiary/aromatic N) is 3. The molecule has 6 rings (SSSR count). The van der Waals surface area contributed by atoms with Crippen LogP contribution in [-0.4, -0.2) is 46.8 Å². The molecule has 37 heavy (non-hydrogen) atoms. The number of anilines is 1. The highest BCUT2D eigenvalue weighted by Crippen LogP contribution is 2.76. The van der Waals surface area contributed by atoms with Gasteiger partial charge in [-0.1, -0.05) is 11.6 Å². The summed E-state index contributed by atoms with van der Waals surface area (Å²) in [7, 11) is -3.63. The number of ketones is 1. The third-order valence-corrected chi connectivity index (χ3v) is 10.5. The Morgan fingerprint density at radius 2 is 2.00 bits per heavy atom. The van der Waals surface area contributed by atoms with E-state index >= 15 is 3.89 Å². The van der Waals surface area contributed by atoms with Crippen LogP contribution in [0.5, 0.6) is 0 Å². The molecule has 0 bridgehead atoms. The molecule has 0 saturated carbocycles. The lowest BCUT2D eigenvalue weighted by molar-refractivity contribution is -0.137. The average Bonchev–Trinajstić information content (AvgIpc) is 2.96. The summed E-state index contributed by atoms with van der Waals surface area (Å²) >= 11 is 5.94. The summed E-state index contributed by atoms with van der Waals surface area (Å²) < 4.78 is 76.5. The zero-order valence-electron chi connectivity index (χ0n) is 19.4. The second-order valence-electron chi connectivity index (χ2n) is 9.43. The van der Waals surface area contributed by atoms with E-state index in [1.54, 1.807) is 4.90 Å². The minimum Gasteiger partial charge on any atom is -0.353 e. The highest BCUT2D eigenvalue weighted by molar-refractivity contribution is 8.30. The van der Waals surface area contributed by atoms with Gasteiger partial charge in [0.15, 0.2) is 0 Å². The Balaban J connectivity index is 1.75. The lowest BCUT2D eigenvalue weighted by Crippen LogP contribution is -2.54. The maximum absolute atomic E-state index is 17.1. The molecular formula is C24H20ClF5N4O2S. The molecule has 0 spiro atoms. The van der Waals surface area contributed by atoms with Crippen molar-refractivity contribution in [2.45, 2.75) is 41.9 Å². The molecular weight excluding hydrogens is 539 g/mol. The minimum absolute atomic E-state index is 0.0225. The van der Waals surface area contributed by atoms with Gasteiger partial charge in [0.1, 0.15) is 17.4 Å². The van der Waals surface area contributed by atoms with Crippen molar-refractivity contribution >= 4 is 44.5 Å². The van der Waals surface area contributed by atoms with Crippen LogP contribution in [0.25, 0.3) is 22.0 Å². The van der Waals surface area contributed by atoms with Crippen molar-refractivity contribution in [2.75, 3.05) is 30.3 Å². The fourth-order valence-electron chi connectivity index (χ4n) is 5.60. The third-order valence-electron chi connectivity index (χ3n) is 7.24. The van der Waals surface area contributed by atoms with E-state index in [1.807, 2.05) is 0 Å². The molecule has 1 aromatic heterocycles. The molecule has 2 unspecified atom stereocenters. The fourth-order valence-corrected chi connectivity index (χ4v) is 8.80. The molecule has 0 aliphatic carbocycles. The predicted octanol–water partition coefficient (Wildman–Crippen LogP) is 5.07. The molecule has 1 N–H and O–H groups in total. The van der Waals surface area contributed by atoms with Gasteiger partial charge in [-0.05, 0) is 47.5 Å². The number of hydrogen-bond acceptors (Lipinski definition) is 5. The predicted molar refractivity (Wildman–Crippen MR) is 131 cm³/mol. The van der Waals surface area contributed by atoms with Crippen LogP contribution < -0.4 is 15.9 Å². The summed E-state index contributed by atoms with van der Waals surface area (Å²) in [5, 5.41) is 2.60. The van der Waals surface area contributed by atoms with Gasteiger partial charge >= 0.3 is 11.9 Å². The topological polar surface area (TPSA) is 67.2 Å². The second-order valence-corrected chi connectivity index (χ2v) is 12.4. The number of hydrogen-bond donors (Lipinski definition) is 1. The summed E-state index contributed by atoms with van der Waals surface area (Å²) in [6.07, 6.45) is -4.74. The number of carbonyl (C=O) groups is 1. The van der Waals surface area contributed by atoms with E-state index in [9.17, 15) is 27.2 Å². The van der Waals surface area contributed by atoms with Crippen LogP contribution in [0.4, 0.5) is 27.3 Å². The average molecular weight is 559 g/mol. The van der Waals surface area contributed by atoms with Gasteiger partial charge in [0.05, 0.1) is 27.0 Å². The van der Waals surface area contributed by atoms with E-state index in [0.29, 0.717) is 6.54 Å². The zero-order chi connectivity index (χ0) is 26.4. The monoisotopic (exact) mass is 558 g/mol. The van der Waals surface area contributed by atoms with Crippen molar-refractivity contribution < 1.29 is 26.2 Å². The summed E-state index contributed by atoms with van der Waals surface area (Å²) in [5.41, 5.74) is -2.28. The Morgan fingerprint density at radius 1 is 1.24 bits per heavy atom. The highest BCUT2D eigenvalue weighted by Gasteiger charge is 2.49. The maximum Gasteiger partial charge on any atom is 0.417 e. The number of fused-ring (bicyclic) bond motifs is 3. The molecule has 13 heteroatoms. The number of rotatable bonds is 2. The summed E-state index contributed by atoms with van der Waals surface area (Å²) in [5.74, 6) is -1.28. The first kappa shape index (κ1) is 24.6. The van der Waals surface area contributed by atoms with Crippen LogP contribution >= 0.6 is 22.0 Å². The van der Waals surface area contributed by atoms with Gasteiger partial charge in [-0.2, -0.15) is 22.0 Å². The Labute approximate surface area is 214 Å². The number of benzene rings is 2. The van der Waals surface area contributed by atoms with E-state index < -0.39 is 50.3 Å². The standard InChI is InChI=1S/C24H20ClF5N4O2S/c1-11(35)17-10-33(5-3-31-17)22-13-7-14(24(27,28)29)19-12-8-15(25)16(26)9-18(12)37(30)6-2-4-34(23(36)32-22)20(13)21(19)37/h7-9,17,31H,2-6,10H2,1H3. The molecule has 0 amide bonds. The smallest absolute Gasteiger partial charge is 0.353 e. The van der Waals surface area contributed by atoms with Crippen LogP contribution in [-0.2, 0) is 17.5 Å². The first-order valence-corrected chi connectivity index (χ1v) is 13.7. The van der Waals surface area contributed by atoms with Crippen LogP contribution in [0.15, 0.2) is 32.8 Å².